The fourth-order valence-corrected chi connectivity index (χ4v) is 1.74. The van der Waals surface area contributed by atoms with Gasteiger partial charge in [-0.05, 0) is 13.5 Å². The van der Waals surface area contributed by atoms with Crippen molar-refractivity contribution < 1.29 is 0 Å². The molecule has 1 aromatic rings. The molecule has 1 rings (SSSR count). The number of rotatable bonds is 5. The van der Waals surface area contributed by atoms with Crippen molar-refractivity contribution in [1.82, 2.24) is 9.88 Å². The van der Waals surface area contributed by atoms with Gasteiger partial charge in [0.25, 0.3) is 0 Å². The molecule has 0 amide bonds. The van der Waals surface area contributed by atoms with Crippen molar-refractivity contribution in [3.8, 4) is 0 Å². The fraction of sp³-hybridized carbons (Fsp3) is 0.667. The van der Waals surface area contributed by atoms with Gasteiger partial charge in [-0.25, -0.2) is 4.98 Å². The molecule has 4 heteroatoms. The summed E-state index contributed by atoms with van der Waals surface area (Å²) in [7, 11) is 2.08. The van der Waals surface area contributed by atoms with Gasteiger partial charge in [-0.15, -0.1) is 11.3 Å². The summed E-state index contributed by atoms with van der Waals surface area (Å²) >= 11 is 1.64. The molecule has 0 saturated carbocycles. The zero-order valence-electron chi connectivity index (χ0n) is 8.23. The van der Waals surface area contributed by atoms with Crippen LogP contribution in [0.15, 0.2) is 10.9 Å². The Kier molecular flexibility index (Phi) is 4.35. The molecule has 0 bridgehead atoms. The molecule has 0 aromatic carbocycles. The number of thiazole rings is 1. The van der Waals surface area contributed by atoms with E-state index < -0.39 is 0 Å². The molecular formula is C9H17N3S. The molecule has 0 radical (unpaired) electrons. The summed E-state index contributed by atoms with van der Waals surface area (Å²) in [6.45, 7) is 3.95. The molecule has 0 aliphatic rings. The predicted octanol–water partition coefficient (Wildman–Crippen LogP) is 1.31. The summed E-state index contributed by atoms with van der Waals surface area (Å²) in [5, 5.41) is 2.08. The van der Waals surface area contributed by atoms with Crippen molar-refractivity contribution in [2.24, 2.45) is 5.73 Å². The van der Waals surface area contributed by atoms with E-state index in [1.54, 1.807) is 11.3 Å². The van der Waals surface area contributed by atoms with Crippen LogP contribution in [0.2, 0.25) is 0 Å². The summed E-state index contributed by atoms with van der Waals surface area (Å²) in [5.41, 5.74) is 8.84. The Morgan fingerprint density at radius 2 is 2.46 bits per heavy atom. The van der Waals surface area contributed by atoms with Crippen molar-refractivity contribution in [3.05, 3.63) is 16.6 Å². The highest BCUT2D eigenvalue weighted by molar-refractivity contribution is 7.07. The number of hydrogen-bond acceptors (Lipinski definition) is 4. The van der Waals surface area contributed by atoms with Crippen LogP contribution in [0.4, 0.5) is 0 Å². The topological polar surface area (TPSA) is 42.1 Å². The third kappa shape index (κ3) is 3.85. The smallest absolute Gasteiger partial charge is 0.0795 e. The second-order valence-electron chi connectivity index (χ2n) is 3.34. The van der Waals surface area contributed by atoms with Gasteiger partial charge in [-0.1, -0.05) is 6.92 Å². The Morgan fingerprint density at radius 1 is 1.69 bits per heavy atom. The molecule has 3 nitrogen and oxygen atoms in total. The van der Waals surface area contributed by atoms with Gasteiger partial charge in [0.1, 0.15) is 0 Å². The van der Waals surface area contributed by atoms with Crippen LogP contribution >= 0.6 is 11.3 Å². The number of aromatic nitrogens is 1. The Morgan fingerprint density at radius 3 is 3.00 bits per heavy atom. The quantitative estimate of drug-likeness (QED) is 0.777. The van der Waals surface area contributed by atoms with Crippen molar-refractivity contribution in [1.29, 1.82) is 0 Å². The first-order valence-corrected chi connectivity index (χ1v) is 5.47. The van der Waals surface area contributed by atoms with Crippen molar-refractivity contribution >= 4 is 11.3 Å². The lowest BCUT2D eigenvalue weighted by atomic mass is 10.2. The van der Waals surface area contributed by atoms with Crippen LogP contribution in [0.25, 0.3) is 0 Å². The number of likely N-dealkylation sites (N-methyl/N-ethyl adjacent to an activating group) is 1. The average Bonchev–Trinajstić information content (AvgIpc) is 2.56. The zero-order valence-corrected chi connectivity index (χ0v) is 9.05. The van der Waals surface area contributed by atoms with Crippen molar-refractivity contribution in [3.63, 3.8) is 0 Å². The molecule has 0 aliphatic heterocycles. The predicted molar refractivity (Wildman–Crippen MR) is 56.7 cm³/mol. The molecule has 0 spiro atoms. The summed E-state index contributed by atoms with van der Waals surface area (Å²) < 4.78 is 0. The monoisotopic (exact) mass is 199 g/mol. The van der Waals surface area contributed by atoms with Crippen LogP contribution in [-0.2, 0) is 6.54 Å². The molecule has 0 aliphatic carbocycles. The molecular weight excluding hydrogens is 182 g/mol. The first-order chi connectivity index (χ1) is 6.22. The fourth-order valence-electron chi connectivity index (χ4n) is 1.19. The van der Waals surface area contributed by atoms with Crippen molar-refractivity contribution in [2.75, 3.05) is 13.6 Å². The van der Waals surface area contributed by atoms with E-state index in [1.165, 1.54) is 0 Å². The lowest BCUT2D eigenvalue weighted by molar-refractivity contribution is 0.298. The molecule has 1 atom stereocenters. The molecule has 1 aromatic heterocycles. The molecule has 0 fully saturated rings. The second kappa shape index (κ2) is 5.32. The summed E-state index contributed by atoms with van der Waals surface area (Å²) in [6.07, 6.45) is 1.03. The minimum atomic E-state index is 0.281. The SMILES string of the molecule is CCC(N)CN(C)Cc1cscn1. The normalized spacial score (nSPS) is 13.5. The van der Waals surface area contributed by atoms with Gasteiger partial charge in [0.05, 0.1) is 11.2 Å². The van der Waals surface area contributed by atoms with Gasteiger partial charge in [-0.3, -0.25) is 4.90 Å². The molecule has 13 heavy (non-hydrogen) atoms. The van der Waals surface area contributed by atoms with Gasteiger partial charge in [0, 0.05) is 24.5 Å². The van der Waals surface area contributed by atoms with Crippen LogP contribution in [0, 0.1) is 0 Å². The summed E-state index contributed by atoms with van der Waals surface area (Å²) in [4.78, 5) is 6.44. The van der Waals surface area contributed by atoms with Gasteiger partial charge >= 0.3 is 0 Å². The Labute approximate surface area is 83.6 Å². The summed E-state index contributed by atoms with van der Waals surface area (Å²) in [6, 6.07) is 0.281. The maximum Gasteiger partial charge on any atom is 0.0795 e. The summed E-state index contributed by atoms with van der Waals surface area (Å²) in [5.74, 6) is 0. The number of nitrogens with zero attached hydrogens (tertiary/aromatic N) is 2. The van der Waals surface area contributed by atoms with Crippen molar-refractivity contribution in [2.45, 2.75) is 25.9 Å². The Hall–Kier alpha value is -0.450. The van der Waals surface area contributed by atoms with E-state index in [0.29, 0.717) is 0 Å². The van der Waals surface area contributed by atoms with Crippen LogP contribution < -0.4 is 5.73 Å². The average molecular weight is 199 g/mol. The third-order valence-corrected chi connectivity index (χ3v) is 2.62. The first-order valence-electron chi connectivity index (χ1n) is 4.53. The van der Waals surface area contributed by atoms with Crippen LogP contribution in [0.5, 0.6) is 0 Å². The van der Waals surface area contributed by atoms with E-state index in [-0.39, 0.29) is 6.04 Å². The van der Waals surface area contributed by atoms with E-state index in [9.17, 15) is 0 Å². The molecule has 2 N–H and O–H groups in total. The van der Waals surface area contributed by atoms with Crippen LogP contribution in [0.1, 0.15) is 19.0 Å². The lowest BCUT2D eigenvalue weighted by Crippen LogP contribution is -2.34. The molecule has 74 valence electrons. The second-order valence-corrected chi connectivity index (χ2v) is 4.06. The molecule has 0 saturated heterocycles. The van der Waals surface area contributed by atoms with E-state index in [0.717, 1.165) is 25.2 Å². The molecule has 1 unspecified atom stereocenters. The van der Waals surface area contributed by atoms with E-state index in [4.69, 9.17) is 5.73 Å². The van der Waals surface area contributed by atoms with Gasteiger partial charge in [0.15, 0.2) is 0 Å². The maximum atomic E-state index is 5.84. The van der Waals surface area contributed by atoms with Crippen LogP contribution in [-0.4, -0.2) is 29.5 Å². The highest BCUT2D eigenvalue weighted by Gasteiger charge is 2.05. The highest BCUT2D eigenvalue weighted by Crippen LogP contribution is 2.04. The minimum absolute atomic E-state index is 0.281. The number of hydrogen-bond donors (Lipinski definition) is 1. The zero-order chi connectivity index (χ0) is 9.68. The first kappa shape index (κ1) is 10.6. The standard InChI is InChI=1S/C9H17N3S/c1-3-8(10)4-12(2)5-9-6-13-7-11-9/h6-8H,3-5,10H2,1-2H3. The maximum absolute atomic E-state index is 5.84. The largest absolute Gasteiger partial charge is 0.327 e. The minimum Gasteiger partial charge on any atom is -0.327 e. The molecule has 1 heterocycles. The van der Waals surface area contributed by atoms with Gasteiger partial charge < -0.3 is 5.73 Å². The lowest BCUT2D eigenvalue weighted by Gasteiger charge is -2.19. The van der Waals surface area contributed by atoms with Gasteiger partial charge in [-0.2, -0.15) is 0 Å². The Balaban J connectivity index is 2.29. The number of nitrogens with two attached hydrogens (primary N) is 1. The van der Waals surface area contributed by atoms with Crippen LogP contribution in [0.3, 0.4) is 0 Å². The van der Waals surface area contributed by atoms with Gasteiger partial charge in [0.2, 0.25) is 0 Å². The highest BCUT2D eigenvalue weighted by atomic mass is 32.1. The van der Waals surface area contributed by atoms with E-state index >= 15 is 0 Å². The third-order valence-electron chi connectivity index (χ3n) is 1.99. The Bertz CT molecular complexity index is 223. The van der Waals surface area contributed by atoms with E-state index in [1.807, 2.05) is 5.51 Å². The van der Waals surface area contributed by atoms with E-state index in [2.05, 4.69) is 29.2 Å².